The molecule has 0 spiro atoms. The molecule has 0 aliphatic heterocycles. The largest absolute Gasteiger partial charge is 0.302 e. The van der Waals surface area contributed by atoms with Gasteiger partial charge in [0.15, 0.2) is 0 Å². The van der Waals surface area contributed by atoms with Gasteiger partial charge in [-0.1, -0.05) is 24.8 Å². The lowest BCUT2D eigenvalue weighted by Crippen LogP contribution is -2.27. The Bertz CT molecular complexity index is 700. The monoisotopic (exact) mass is 323 g/mol. The Balaban J connectivity index is 2.34. The SMILES string of the molecule is Cc1cc(=O)[nH]nc1-c1ccc(N(CCCl)C(=O)S)cc1. The van der Waals surface area contributed by atoms with Gasteiger partial charge in [-0.25, -0.2) is 5.10 Å². The number of rotatable bonds is 4. The third-order valence-corrected chi connectivity index (χ3v) is 3.40. The maximum atomic E-state index is 11.5. The molecular weight excluding hydrogens is 310 g/mol. The van der Waals surface area contributed by atoms with Crippen LogP contribution in [0.1, 0.15) is 5.56 Å². The summed E-state index contributed by atoms with van der Waals surface area (Å²) < 4.78 is 0. The summed E-state index contributed by atoms with van der Waals surface area (Å²) in [6.07, 6.45) is 0. The molecule has 110 valence electrons. The lowest BCUT2D eigenvalue weighted by Gasteiger charge is -2.19. The fourth-order valence-electron chi connectivity index (χ4n) is 2.01. The first-order valence-corrected chi connectivity index (χ1v) is 7.24. The van der Waals surface area contributed by atoms with Gasteiger partial charge < -0.3 is 4.90 Å². The number of aromatic amines is 1. The van der Waals surface area contributed by atoms with E-state index < -0.39 is 0 Å². The molecule has 1 aromatic heterocycles. The van der Waals surface area contributed by atoms with Crippen LogP contribution in [0.2, 0.25) is 0 Å². The van der Waals surface area contributed by atoms with Crippen LogP contribution in [0, 0.1) is 6.92 Å². The molecule has 0 atom stereocenters. The number of hydrogen-bond donors (Lipinski definition) is 2. The zero-order chi connectivity index (χ0) is 15.4. The van der Waals surface area contributed by atoms with Crippen molar-refractivity contribution in [3.8, 4) is 11.3 Å². The molecule has 0 saturated heterocycles. The lowest BCUT2D eigenvalue weighted by atomic mass is 10.1. The molecule has 7 heteroatoms. The number of alkyl halides is 1. The summed E-state index contributed by atoms with van der Waals surface area (Å²) in [7, 11) is 0. The molecule has 1 N–H and O–H groups in total. The highest BCUT2D eigenvalue weighted by Crippen LogP contribution is 2.23. The first-order valence-electron chi connectivity index (χ1n) is 6.26. The summed E-state index contributed by atoms with van der Waals surface area (Å²) in [5.74, 6) is 0.328. The minimum absolute atomic E-state index is 0.234. The Morgan fingerprint density at radius 2 is 2.05 bits per heavy atom. The molecule has 0 bridgehead atoms. The fourth-order valence-corrected chi connectivity index (χ4v) is 2.39. The van der Waals surface area contributed by atoms with Crippen molar-refractivity contribution in [1.29, 1.82) is 0 Å². The molecule has 2 aromatic rings. The first kappa shape index (κ1) is 15.6. The van der Waals surface area contributed by atoms with Crippen LogP contribution >= 0.6 is 24.2 Å². The minimum Gasteiger partial charge on any atom is -0.302 e. The Hall–Kier alpha value is -1.79. The standard InChI is InChI=1S/C14H14ClN3O2S/c1-9-8-12(19)16-17-13(9)10-2-4-11(5-3-10)18(7-6-15)14(20)21/h2-5,8H,6-7H2,1H3,(H,16,19)(H,20,21). The summed E-state index contributed by atoms with van der Waals surface area (Å²) in [6, 6.07) is 8.75. The third-order valence-electron chi connectivity index (χ3n) is 2.99. The van der Waals surface area contributed by atoms with E-state index in [1.807, 2.05) is 19.1 Å². The molecule has 1 amide bonds. The van der Waals surface area contributed by atoms with Crippen molar-refractivity contribution in [3.63, 3.8) is 0 Å². The number of thiol groups is 1. The second-order valence-electron chi connectivity index (χ2n) is 4.43. The van der Waals surface area contributed by atoms with E-state index >= 15 is 0 Å². The molecule has 0 saturated carbocycles. The maximum Gasteiger partial charge on any atom is 0.283 e. The van der Waals surface area contributed by atoms with E-state index in [4.69, 9.17) is 11.6 Å². The number of anilines is 1. The van der Waals surface area contributed by atoms with Crippen LogP contribution in [0.25, 0.3) is 11.3 Å². The van der Waals surface area contributed by atoms with Gasteiger partial charge in [0.05, 0.1) is 5.69 Å². The second kappa shape index (κ2) is 6.78. The van der Waals surface area contributed by atoms with Crippen LogP contribution in [-0.4, -0.2) is 27.9 Å². The van der Waals surface area contributed by atoms with E-state index in [2.05, 4.69) is 22.8 Å². The molecular formula is C14H14ClN3O2S. The molecule has 1 aromatic carbocycles. The number of aryl methyl sites for hydroxylation is 1. The zero-order valence-corrected chi connectivity index (χ0v) is 13.0. The van der Waals surface area contributed by atoms with Crippen molar-refractivity contribution in [2.75, 3.05) is 17.3 Å². The summed E-state index contributed by atoms with van der Waals surface area (Å²) in [5, 5.41) is 6.10. The van der Waals surface area contributed by atoms with Crippen LogP contribution in [0.5, 0.6) is 0 Å². The molecule has 0 aliphatic carbocycles. The Morgan fingerprint density at radius 1 is 1.38 bits per heavy atom. The average Bonchev–Trinajstić information content (AvgIpc) is 2.45. The van der Waals surface area contributed by atoms with Crippen molar-refractivity contribution in [1.82, 2.24) is 10.2 Å². The van der Waals surface area contributed by atoms with Gasteiger partial charge in [-0.3, -0.25) is 9.59 Å². The molecule has 0 unspecified atom stereocenters. The Morgan fingerprint density at radius 3 is 2.57 bits per heavy atom. The number of nitrogens with zero attached hydrogens (tertiary/aromatic N) is 2. The highest BCUT2D eigenvalue weighted by molar-refractivity contribution is 7.96. The van der Waals surface area contributed by atoms with Crippen molar-refractivity contribution < 1.29 is 4.79 Å². The number of amides is 1. The van der Waals surface area contributed by atoms with Crippen LogP contribution in [0.15, 0.2) is 35.1 Å². The fraction of sp³-hybridized carbons (Fsp3) is 0.214. The predicted octanol–water partition coefficient (Wildman–Crippen LogP) is 2.84. The highest BCUT2D eigenvalue weighted by atomic mass is 35.5. The quantitative estimate of drug-likeness (QED) is 0.671. The van der Waals surface area contributed by atoms with Crippen LogP contribution < -0.4 is 10.5 Å². The number of nitrogens with one attached hydrogen (secondary N) is 1. The van der Waals surface area contributed by atoms with Crippen LogP contribution in [0.3, 0.4) is 0 Å². The topological polar surface area (TPSA) is 66.1 Å². The number of aromatic nitrogens is 2. The summed E-state index contributed by atoms with van der Waals surface area (Å²) in [4.78, 5) is 24.1. The zero-order valence-electron chi connectivity index (χ0n) is 11.3. The smallest absolute Gasteiger partial charge is 0.283 e. The lowest BCUT2D eigenvalue weighted by molar-refractivity contribution is 0.265. The number of hydrogen-bond acceptors (Lipinski definition) is 3. The number of H-pyrrole nitrogens is 1. The predicted molar refractivity (Wildman–Crippen MR) is 87.5 cm³/mol. The van der Waals surface area contributed by atoms with Gasteiger partial charge in [-0.2, -0.15) is 5.10 Å². The van der Waals surface area contributed by atoms with E-state index in [0.717, 1.165) is 11.1 Å². The molecule has 5 nitrogen and oxygen atoms in total. The van der Waals surface area contributed by atoms with Crippen molar-refractivity contribution >= 4 is 35.2 Å². The highest BCUT2D eigenvalue weighted by Gasteiger charge is 2.12. The maximum absolute atomic E-state index is 11.5. The third kappa shape index (κ3) is 3.65. The number of carbonyl (C=O) groups is 1. The van der Waals surface area contributed by atoms with Gasteiger partial charge in [-0.05, 0) is 24.6 Å². The van der Waals surface area contributed by atoms with E-state index in [1.165, 1.54) is 11.0 Å². The summed E-state index contributed by atoms with van der Waals surface area (Å²) in [5.41, 5.74) is 2.81. The average molecular weight is 324 g/mol. The van der Waals surface area contributed by atoms with Crippen LogP contribution in [-0.2, 0) is 0 Å². The molecule has 2 rings (SSSR count). The van der Waals surface area contributed by atoms with Gasteiger partial charge in [0.1, 0.15) is 0 Å². The van der Waals surface area contributed by atoms with E-state index in [1.54, 1.807) is 12.1 Å². The number of carbonyl (C=O) groups excluding carboxylic acids is 1. The number of halogens is 1. The normalized spacial score (nSPS) is 10.4. The summed E-state index contributed by atoms with van der Waals surface area (Å²) >= 11 is 9.52. The first-order chi connectivity index (χ1) is 10.0. The van der Waals surface area contributed by atoms with Gasteiger partial charge >= 0.3 is 0 Å². The molecule has 0 fully saturated rings. The van der Waals surface area contributed by atoms with E-state index in [0.29, 0.717) is 23.8 Å². The van der Waals surface area contributed by atoms with Gasteiger partial charge in [0.2, 0.25) is 0 Å². The summed E-state index contributed by atoms with van der Waals surface area (Å²) in [6.45, 7) is 2.21. The van der Waals surface area contributed by atoms with Crippen molar-refractivity contribution in [2.45, 2.75) is 6.92 Å². The van der Waals surface area contributed by atoms with Gasteiger partial charge in [0.25, 0.3) is 10.8 Å². The van der Waals surface area contributed by atoms with Gasteiger partial charge in [0, 0.05) is 29.7 Å². The van der Waals surface area contributed by atoms with E-state index in [9.17, 15) is 9.59 Å². The van der Waals surface area contributed by atoms with Gasteiger partial charge in [-0.15, -0.1) is 11.6 Å². The van der Waals surface area contributed by atoms with Crippen molar-refractivity contribution in [3.05, 3.63) is 46.2 Å². The Labute approximate surface area is 132 Å². The number of benzene rings is 1. The van der Waals surface area contributed by atoms with Crippen molar-refractivity contribution in [2.24, 2.45) is 0 Å². The van der Waals surface area contributed by atoms with Crippen LogP contribution in [0.4, 0.5) is 10.5 Å². The Kier molecular flexibility index (Phi) is 5.03. The minimum atomic E-state index is -0.359. The molecule has 21 heavy (non-hydrogen) atoms. The molecule has 0 aliphatic rings. The second-order valence-corrected chi connectivity index (χ2v) is 5.19. The van der Waals surface area contributed by atoms with E-state index in [-0.39, 0.29) is 10.8 Å². The molecule has 1 heterocycles. The molecule has 0 radical (unpaired) electrons.